The highest BCUT2D eigenvalue weighted by molar-refractivity contribution is 6.04. The van der Waals surface area contributed by atoms with Crippen molar-refractivity contribution in [1.82, 2.24) is 0 Å². The van der Waals surface area contributed by atoms with Crippen molar-refractivity contribution in [2.75, 3.05) is 38.1 Å². The Labute approximate surface area is 151 Å². The average Bonchev–Trinajstić information content (AvgIpc) is 2.67. The first kappa shape index (κ1) is 19.0. The molecule has 0 radical (unpaired) electrons. The Hall–Kier alpha value is -2.33. The van der Waals surface area contributed by atoms with Gasteiger partial charge in [0.15, 0.2) is 0 Å². The molecule has 0 aliphatic rings. The predicted octanol–water partition coefficient (Wildman–Crippen LogP) is 4.19. The molecule has 0 aliphatic heterocycles. The lowest BCUT2D eigenvalue weighted by Crippen LogP contribution is -2.49. The van der Waals surface area contributed by atoms with Crippen LogP contribution in [0.25, 0.3) is 0 Å². The predicted molar refractivity (Wildman–Crippen MR) is 103 cm³/mol. The number of rotatable bonds is 9. The maximum absolute atomic E-state index is 12.1. The first-order valence-corrected chi connectivity index (χ1v) is 9.07. The molecule has 0 spiro atoms. The Morgan fingerprint density at radius 3 is 2.08 bits per heavy atom. The Kier molecular flexibility index (Phi) is 7.02. The zero-order valence-electron chi connectivity index (χ0n) is 15.5. The summed E-state index contributed by atoms with van der Waals surface area (Å²) in [5, 5.41) is 2.90. The van der Waals surface area contributed by atoms with Crippen LogP contribution in [0.2, 0.25) is 0 Å². The number of nitrogens with one attached hydrogen (secondary N) is 1. The quantitative estimate of drug-likeness (QED) is 0.694. The number of carbonyl (C=O) groups is 1. The van der Waals surface area contributed by atoms with Crippen LogP contribution in [-0.2, 0) is 0 Å². The Morgan fingerprint density at radius 2 is 1.52 bits per heavy atom. The van der Waals surface area contributed by atoms with E-state index < -0.39 is 0 Å². The number of carbonyl (C=O) groups excluding carboxylic acids is 1. The first-order valence-electron chi connectivity index (χ1n) is 9.07. The number of quaternary nitrogens is 1. The molecule has 0 unspecified atom stereocenters. The minimum absolute atomic E-state index is 0.106. The summed E-state index contributed by atoms with van der Waals surface area (Å²) in [6.07, 6.45) is 0. The van der Waals surface area contributed by atoms with Gasteiger partial charge in [0.1, 0.15) is 18.9 Å². The summed E-state index contributed by atoms with van der Waals surface area (Å²) in [5.74, 6) is 0.726. The molecule has 0 fully saturated rings. The Bertz CT molecular complexity index is 641. The van der Waals surface area contributed by atoms with Crippen molar-refractivity contribution in [2.24, 2.45) is 0 Å². The molecule has 0 aliphatic carbocycles. The molecule has 2 aromatic carbocycles. The van der Waals surface area contributed by atoms with Crippen LogP contribution >= 0.6 is 0 Å². The Balaban J connectivity index is 1.87. The van der Waals surface area contributed by atoms with Gasteiger partial charge >= 0.3 is 0 Å². The van der Waals surface area contributed by atoms with Crippen LogP contribution in [0.5, 0.6) is 5.75 Å². The molecule has 0 heterocycles. The fourth-order valence-electron chi connectivity index (χ4n) is 2.93. The van der Waals surface area contributed by atoms with E-state index in [4.69, 9.17) is 4.74 Å². The van der Waals surface area contributed by atoms with Gasteiger partial charge in [0.05, 0.1) is 19.6 Å². The summed E-state index contributed by atoms with van der Waals surface area (Å²) in [4.78, 5) is 12.1. The number of hydrogen-bond donors (Lipinski definition) is 1. The maximum atomic E-state index is 12.1. The summed E-state index contributed by atoms with van der Waals surface area (Å²) < 4.78 is 6.96. The minimum atomic E-state index is -0.106. The van der Waals surface area contributed by atoms with Crippen LogP contribution in [0, 0.1) is 0 Å². The van der Waals surface area contributed by atoms with E-state index in [1.807, 2.05) is 42.5 Å². The molecule has 0 saturated heterocycles. The molecule has 25 heavy (non-hydrogen) atoms. The summed E-state index contributed by atoms with van der Waals surface area (Å²) in [6, 6.07) is 16.7. The third kappa shape index (κ3) is 5.33. The van der Waals surface area contributed by atoms with E-state index in [9.17, 15) is 4.79 Å². The highest BCUT2D eigenvalue weighted by atomic mass is 16.5. The maximum Gasteiger partial charge on any atom is 0.255 e. The smallest absolute Gasteiger partial charge is 0.255 e. The lowest BCUT2D eigenvalue weighted by molar-refractivity contribution is -0.923. The third-order valence-corrected chi connectivity index (χ3v) is 4.99. The normalized spacial score (nSPS) is 11.2. The standard InChI is InChI=1S/C21H28N2O2/c1-4-23(5-2,6-3)16-17-25-20-14-12-19(13-15-20)22-21(24)18-10-8-7-9-11-18/h7-15H,4-6,16-17H2,1-3H3/p+1. The van der Waals surface area contributed by atoms with Crippen LogP contribution in [0.15, 0.2) is 54.6 Å². The molecular weight excluding hydrogens is 312 g/mol. The lowest BCUT2D eigenvalue weighted by Gasteiger charge is -2.35. The molecule has 0 bridgehead atoms. The van der Waals surface area contributed by atoms with Crippen LogP contribution < -0.4 is 10.1 Å². The number of likely N-dealkylation sites (N-methyl/N-ethyl adjacent to an activating group) is 1. The number of anilines is 1. The number of benzene rings is 2. The van der Waals surface area contributed by atoms with Gasteiger partial charge in [-0.1, -0.05) is 18.2 Å². The van der Waals surface area contributed by atoms with Gasteiger partial charge in [-0.3, -0.25) is 4.79 Å². The topological polar surface area (TPSA) is 38.3 Å². The van der Waals surface area contributed by atoms with Crippen molar-refractivity contribution in [3.05, 3.63) is 60.2 Å². The van der Waals surface area contributed by atoms with Crippen molar-refractivity contribution >= 4 is 11.6 Å². The highest BCUT2D eigenvalue weighted by Gasteiger charge is 2.20. The number of hydrogen-bond acceptors (Lipinski definition) is 2. The van der Waals surface area contributed by atoms with Crippen molar-refractivity contribution in [2.45, 2.75) is 20.8 Å². The van der Waals surface area contributed by atoms with E-state index in [-0.39, 0.29) is 5.91 Å². The zero-order chi connectivity index (χ0) is 18.1. The number of amides is 1. The first-order chi connectivity index (χ1) is 12.1. The average molecular weight is 341 g/mol. The van der Waals surface area contributed by atoms with Crippen LogP contribution in [-0.4, -0.2) is 43.2 Å². The van der Waals surface area contributed by atoms with E-state index in [1.54, 1.807) is 12.1 Å². The van der Waals surface area contributed by atoms with Gasteiger partial charge < -0.3 is 14.5 Å². The van der Waals surface area contributed by atoms with Gasteiger partial charge in [-0.15, -0.1) is 0 Å². The summed E-state index contributed by atoms with van der Waals surface area (Å²) >= 11 is 0. The molecule has 2 aromatic rings. The minimum Gasteiger partial charge on any atom is -0.488 e. The van der Waals surface area contributed by atoms with Gasteiger partial charge in [-0.05, 0) is 57.2 Å². The second kappa shape index (κ2) is 9.23. The molecule has 0 aromatic heterocycles. The van der Waals surface area contributed by atoms with Gasteiger partial charge in [0.2, 0.25) is 0 Å². The molecule has 134 valence electrons. The summed E-state index contributed by atoms with van der Waals surface area (Å²) in [5.41, 5.74) is 1.41. The second-order valence-electron chi connectivity index (χ2n) is 6.21. The van der Waals surface area contributed by atoms with E-state index in [1.165, 1.54) is 0 Å². The fraction of sp³-hybridized carbons (Fsp3) is 0.381. The summed E-state index contributed by atoms with van der Waals surface area (Å²) in [7, 11) is 0. The molecule has 4 nitrogen and oxygen atoms in total. The third-order valence-electron chi connectivity index (χ3n) is 4.99. The number of nitrogens with zero attached hydrogens (tertiary/aromatic N) is 1. The molecule has 2 rings (SSSR count). The van der Waals surface area contributed by atoms with E-state index >= 15 is 0 Å². The molecule has 1 N–H and O–H groups in total. The van der Waals surface area contributed by atoms with E-state index in [2.05, 4.69) is 26.1 Å². The van der Waals surface area contributed by atoms with Gasteiger partial charge in [-0.2, -0.15) is 0 Å². The molecule has 0 saturated carbocycles. The van der Waals surface area contributed by atoms with Crippen molar-refractivity contribution in [1.29, 1.82) is 0 Å². The zero-order valence-corrected chi connectivity index (χ0v) is 15.5. The molecule has 0 atom stereocenters. The van der Waals surface area contributed by atoms with Crippen LogP contribution in [0.4, 0.5) is 5.69 Å². The highest BCUT2D eigenvalue weighted by Crippen LogP contribution is 2.17. The monoisotopic (exact) mass is 341 g/mol. The number of ether oxygens (including phenoxy) is 1. The van der Waals surface area contributed by atoms with Crippen LogP contribution in [0.1, 0.15) is 31.1 Å². The largest absolute Gasteiger partial charge is 0.488 e. The van der Waals surface area contributed by atoms with Crippen molar-refractivity contribution in [3.8, 4) is 5.75 Å². The SMILES string of the molecule is CC[N+](CC)(CC)CCOc1ccc(NC(=O)c2ccccc2)cc1. The van der Waals surface area contributed by atoms with Gasteiger partial charge in [-0.25, -0.2) is 0 Å². The second-order valence-corrected chi connectivity index (χ2v) is 6.21. The summed E-state index contributed by atoms with van der Waals surface area (Å²) in [6.45, 7) is 11.8. The fourth-order valence-corrected chi connectivity index (χ4v) is 2.93. The lowest BCUT2D eigenvalue weighted by atomic mass is 10.2. The molecule has 4 heteroatoms. The molecular formula is C21H29N2O2+. The Morgan fingerprint density at radius 1 is 0.920 bits per heavy atom. The van der Waals surface area contributed by atoms with E-state index in [0.29, 0.717) is 12.2 Å². The van der Waals surface area contributed by atoms with Crippen molar-refractivity contribution < 1.29 is 14.0 Å². The van der Waals surface area contributed by atoms with Gasteiger partial charge in [0.25, 0.3) is 5.91 Å². The molecule has 1 amide bonds. The van der Waals surface area contributed by atoms with E-state index in [0.717, 1.165) is 42.1 Å². The van der Waals surface area contributed by atoms with Gasteiger partial charge in [0, 0.05) is 11.3 Å². The van der Waals surface area contributed by atoms with Crippen LogP contribution in [0.3, 0.4) is 0 Å². The van der Waals surface area contributed by atoms with Crippen molar-refractivity contribution in [3.63, 3.8) is 0 Å².